The first-order valence-electron chi connectivity index (χ1n) is 3.65. The van der Waals surface area contributed by atoms with Gasteiger partial charge >= 0.3 is 0 Å². The van der Waals surface area contributed by atoms with E-state index in [9.17, 15) is 0 Å². The van der Waals surface area contributed by atoms with Gasteiger partial charge in [0, 0.05) is 0 Å². The maximum Gasteiger partial charge on any atom is 0.129 e. The van der Waals surface area contributed by atoms with E-state index in [-0.39, 0.29) is 0 Å². The Hall–Kier alpha value is 0.0600. The Morgan fingerprint density at radius 1 is 1.23 bits per heavy atom. The van der Waals surface area contributed by atoms with Crippen molar-refractivity contribution in [3.8, 4) is 10.4 Å². The summed E-state index contributed by atoms with van der Waals surface area (Å²) in [5.74, 6) is 0. The van der Waals surface area contributed by atoms with Crippen molar-refractivity contribution in [1.82, 2.24) is 4.37 Å². The van der Waals surface area contributed by atoms with Crippen LogP contribution >= 0.6 is 50.1 Å². The van der Waals surface area contributed by atoms with Gasteiger partial charge in [0.15, 0.2) is 0 Å². The summed E-state index contributed by atoms with van der Waals surface area (Å²) in [6.07, 6.45) is 0. The normalized spacial score (nSPS) is 10.3. The summed E-state index contributed by atoms with van der Waals surface area (Å²) in [7, 11) is 0. The highest BCUT2D eigenvalue weighted by Gasteiger charge is 2.09. The molecular formula is C9H5BrINS. The third-order valence-electron chi connectivity index (χ3n) is 1.63. The van der Waals surface area contributed by atoms with Gasteiger partial charge in [-0.15, -0.1) is 0 Å². The van der Waals surface area contributed by atoms with Crippen LogP contribution in [-0.2, 0) is 0 Å². The van der Waals surface area contributed by atoms with Crippen LogP contribution in [0.1, 0.15) is 0 Å². The van der Waals surface area contributed by atoms with Crippen LogP contribution in [0.3, 0.4) is 0 Å². The highest BCUT2D eigenvalue weighted by Crippen LogP contribution is 2.34. The molecule has 1 nitrogen and oxygen atoms in total. The van der Waals surface area contributed by atoms with Crippen molar-refractivity contribution >= 4 is 50.1 Å². The molecule has 0 aliphatic rings. The fourth-order valence-corrected chi connectivity index (χ4v) is 3.11. The van der Waals surface area contributed by atoms with Gasteiger partial charge in [-0.3, -0.25) is 0 Å². The topological polar surface area (TPSA) is 12.9 Å². The van der Waals surface area contributed by atoms with Gasteiger partial charge in [0.2, 0.25) is 0 Å². The number of aromatic nitrogens is 1. The van der Waals surface area contributed by atoms with E-state index in [1.165, 1.54) is 22.0 Å². The lowest BCUT2D eigenvalue weighted by Crippen LogP contribution is -1.72. The minimum absolute atomic E-state index is 1.03. The second-order valence-electron chi connectivity index (χ2n) is 2.48. The molecule has 0 fully saturated rings. The predicted molar refractivity (Wildman–Crippen MR) is 68.0 cm³/mol. The average molecular weight is 366 g/mol. The zero-order chi connectivity index (χ0) is 9.26. The molecule has 1 aromatic carbocycles. The Balaban J connectivity index is 2.53. The van der Waals surface area contributed by atoms with E-state index in [1.807, 2.05) is 18.2 Å². The molecule has 0 saturated heterocycles. The molecule has 0 aliphatic carbocycles. The van der Waals surface area contributed by atoms with E-state index in [2.05, 4.69) is 55.0 Å². The Bertz CT molecular complexity index is 413. The van der Waals surface area contributed by atoms with Crippen LogP contribution in [0.5, 0.6) is 0 Å². The van der Waals surface area contributed by atoms with E-state index in [0.717, 1.165) is 8.17 Å². The molecule has 0 atom stereocenters. The summed E-state index contributed by atoms with van der Waals surface area (Å²) in [4.78, 5) is 1.20. The second-order valence-corrected chi connectivity index (χ2v) is 5.07. The van der Waals surface area contributed by atoms with Crippen LogP contribution in [0.15, 0.2) is 34.8 Å². The van der Waals surface area contributed by atoms with Gasteiger partial charge in [0.25, 0.3) is 0 Å². The molecule has 0 bridgehead atoms. The molecule has 4 heteroatoms. The summed E-state index contributed by atoms with van der Waals surface area (Å²) in [6, 6.07) is 10.3. The van der Waals surface area contributed by atoms with Crippen molar-refractivity contribution in [2.24, 2.45) is 0 Å². The number of nitrogens with zero attached hydrogens (tertiary/aromatic N) is 1. The SMILES string of the molecule is Brc1c(I)nsc1-c1ccccc1. The Labute approximate surface area is 103 Å². The molecule has 0 spiro atoms. The number of halogens is 2. The average Bonchev–Trinajstić information content (AvgIpc) is 2.49. The molecule has 2 aromatic rings. The number of hydrogen-bond acceptors (Lipinski definition) is 2. The Morgan fingerprint density at radius 3 is 2.46 bits per heavy atom. The van der Waals surface area contributed by atoms with Crippen molar-refractivity contribution in [3.63, 3.8) is 0 Å². The highest BCUT2D eigenvalue weighted by atomic mass is 127. The molecule has 0 aliphatic heterocycles. The van der Waals surface area contributed by atoms with Crippen molar-refractivity contribution < 1.29 is 0 Å². The van der Waals surface area contributed by atoms with Gasteiger partial charge in [-0.1, -0.05) is 30.3 Å². The maximum absolute atomic E-state index is 4.27. The van der Waals surface area contributed by atoms with E-state index in [1.54, 1.807) is 0 Å². The van der Waals surface area contributed by atoms with E-state index >= 15 is 0 Å². The molecule has 2 rings (SSSR count). The standard InChI is InChI=1S/C9H5BrINS/c10-7-8(13-12-9(7)11)6-4-2-1-3-5-6/h1-5H. The van der Waals surface area contributed by atoms with Crippen LogP contribution < -0.4 is 0 Å². The maximum atomic E-state index is 4.27. The first-order valence-corrected chi connectivity index (χ1v) is 6.29. The first kappa shape index (κ1) is 9.61. The lowest BCUT2D eigenvalue weighted by molar-refractivity contribution is 1.46. The zero-order valence-electron chi connectivity index (χ0n) is 6.50. The lowest BCUT2D eigenvalue weighted by atomic mass is 10.2. The molecule has 1 heterocycles. The fourth-order valence-electron chi connectivity index (χ4n) is 1.03. The van der Waals surface area contributed by atoms with E-state index in [4.69, 9.17) is 0 Å². The van der Waals surface area contributed by atoms with Gasteiger partial charge in [-0.25, -0.2) is 0 Å². The van der Waals surface area contributed by atoms with Gasteiger partial charge in [-0.05, 0) is 55.6 Å². The van der Waals surface area contributed by atoms with Crippen LogP contribution in [0, 0.1) is 3.70 Å². The highest BCUT2D eigenvalue weighted by molar-refractivity contribution is 14.1. The summed E-state index contributed by atoms with van der Waals surface area (Å²) in [5, 5.41) is 0. The van der Waals surface area contributed by atoms with Gasteiger partial charge in [-0.2, -0.15) is 4.37 Å². The summed E-state index contributed by atoms with van der Waals surface area (Å²) < 4.78 is 6.40. The Kier molecular flexibility index (Phi) is 3.00. The molecule has 66 valence electrons. The van der Waals surface area contributed by atoms with Crippen LogP contribution in [0.4, 0.5) is 0 Å². The molecule has 1 aromatic heterocycles. The molecule has 0 amide bonds. The molecule has 0 unspecified atom stereocenters. The monoisotopic (exact) mass is 365 g/mol. The molecule has 0 radical (unpaired) electrons. The van der Waals surface area contributed by atoms with Crippen molar-refractivity contribution in [1.29, 1.82) is 0 Å². The first-order chi connectivity index (χ1) is 6.29. The third-order valence-corrected chi connectivity index (χ3v) is 5.41. The smallest absolute Gasteiger partial charge is 0.129 e. The minimum atomic E-state index is 1.03. The van der Waals surface area contributed by atoms with E-state index in [0.29, 0.717) is 0 Å². The summed E-state index contributed by atoms with van der Waals surface area (Å²) >= 11 is 7.28. The largest absolute Gasteiger partial charge is 0.185 e. The Morgan fingerprint density at radius 2 is 1.92 bits per heavy atom. The third kappa shape index (κ3) is 1.94. The van der Waals surface area contributed by atoms with Crippen molar-refractivity contribution in [2.75, 3.05) is 0 Å². The number of hydrogen-bond donors (Lipinski definition) is 0. The quantitative estimate of drug-likeness (QED) is 0.691. The van der Waals surface area contributed by atoms with Gasteiger partial charge in [0.1, 0.15) is 3.70 Å². The number of benzene rings is 1. The molecule has 0 saturated carbocycles. The second kappa shape index (κ2) is 4.06. The molecule has 0 N–H and O–H groups in total. The number of rotatable bonds is 1. The van der Waals surface area contributed by atoms with Crippen LogP contribution in [-0.4, -0.2) is 4.37 Å². The molecule has 13 heavy (non-hydrogen) atoms. The summed E-state index contributed by atoms with van der Waals surface area (Å²) in [5.41, 5.74) is 1.22. The van der Waals surface area contributed by atoms with Crippen molar-refractivity contribution in [2.45, 2.75) is 0 Å². The van der Waals surface area contributed by atoms with E-state index < -0.39 is 0 Å². The van der Waals surface area contributed by atoms with Gasteiger partial charge < -0.3 is 0 Å². The summed E-state index contributed by atoms with van der Waals surface area (Å²) in [6.45, 7) is 0. The fraction of sp³-hybridized carbons (Fsp3) is 0. The molecular weight excluding hydrogens is 361 g/mol. The minimum Gasteiger partial charge on any atom is -0.185 e. The lowest BCUT2D eigenvalue weighted by Gasteiger charge is -1.95. The zero-order valence-corrected chi connectivity index (χ0v) is 11.1. The van der Waals surface area contributed by atoms with Gasteiger partial charge in [0.05, 0.1) is 9.35 Å². The van der Waals surface area contributed by atoms with Crippen LogP contribution in [0.2, 0.25) is 0 Å². The van der Waals surface area contributed by atoms with Crippen molar-refractivity contribution in [3.05, 3.63) is 38.5 Å². The predicted octanol–water partition coefficient (Wildman–Crippen LogP) is 4.18. The van der Waals surface area contributed by atoms with Crippen LogP contribution in [0.25, 0.3) is 10.4 Å².